The first-order chi connectivity index (χ1) is 8.66. The minimum Gasteiger partial charge on any atom is -0.388 e. The van der Waals surface area contributed by atoms with Crippen molar-refractivity contribution in [3.8, 4) is 0 Å². The van der Waals surface area contributed by atoms with Crippen molar-refractivity contribution in [3.05, 3.63) is 34.9 Å². The maximum Gasteiger partial charge on any atom is 0.157 e. The summed E-state index contributed by atoms with van der Waals surface area (Å²) in [6.07, 6.45) is 1.82. The normalized spacial score (nSPS) is 18.8. The molecule has 1 fully saturated rings. The van der Waals surface area contributed by atoms with Gasteiger partial charge in [0.05, 0.1) is 19.3 Å². The standard InChI is InChI=1S/C15H22O3/c1-11-4-5-13(10-12(11)2)14(16)6-7-15-17-8-3-9-18-15/h4-5,10,14-16H,3,6-9H2,1-2H3/t14-/m0/s1. The molecule has 0 saturated carbocycles. The minimum atomic E-state index is -0.432. The van der Waals surface area contributed by atoms with Crippen molar-refractivity contribution in [1.29, 1.82) is 0 Å². The van der Waals surface area contributed by atoms with E-state index in [1.54, 1.807) is 0 Å². The Kier molecular flexibility index (Phi) is 4.75. The second-order valence-corrected chi connectivity index (χ2v) is 4.96. The fourth-order valence-corrected chi connectivity index (χ4v) is 2.14. The molecule has 18 heavy (non-hydrogen) atoms. The average Bonchev–Trinajstić information content (AvgIpc) is 2.40. The molecule has 3 heteroatoms. The van der Waals surface area contributed by atoms with Gasteiger partial charge >= 0.3 is 0 Å². The van der Waals surface area contributed by atoms with Crippen LogP contribution in [-0.4, -0.2) is 24.6 Å². The van der Waals surface area contributed by atoms with Crippen LogP contribution >= 0.6 is 0 Å². The van der Waals surface area contributed by atoms with Crippen LogP contribution in [-0.2, 0) is 9.47 Å². The molecule has 100 valence electrons. The molecule has 0 unspecified atom stereocenters. The molecule has 1 aromatic rings. The molecule has 0 bridgehead atoms. The summed E-state index contributed by atoms with van der Waals surface area (Å²) in [6.45, 7) is 5.68. The van der Waals surface area contributed by atoms with E-state index < -0.39 is 6.10 Å². The largest absolute Gasteiger partial charge is 0.388 e. The molecule has 0 aliphatic carbocycles. The van der Waals surface area contributed by atoms with E-state index in [2.05, 4.69) is 26.0 Å². The van der Waals surface area contributed by atoms with Crippen LogP contribution in [0, 0.1) is 13.8 Å². The highest BCUT2D eigenvalue weighted by molar-refractivity contribution is 5.31. The van der Waals surface area contributed by atoms with Crippen LogP contribution in [0.25, 0.3) is 0 Å². The zero-order chi connectivity index (χ0) is 13.0. The van der Waals surface area contributed by atoms with Gasteiger partial charge in [-0.1, -0.05) is 18.2 Å². The lowest BCUT2D eigenvalue weighted by Gasteiger charge is -2.24. The van der Waals surface area contributed by atoms with Crippen LogP contribution in [0.1, 0.15) is 42.1 Å². The number of rotatable bonds is 4. The average molecular weight is 250 g/mol. The Bertz CT molecular complexity index is 383. The molecule has 1 N–H and O–H groups in total. The van der Waals surface area contributed by atoms with Crippen molar-refractivity contribution >= 4 is 0 Å². The van der Waals surface area contributed by atoms with Crippen LogP contribution in [0.5, 0.6) is 0 Å². The van der Waals surface area contributed by atoms with Crippen molar-refractivity contribution in [1.82, 2.24) is 0 Å². The highest BCUT2D eigenvalue weighted by Crippen LogP contribution is 2.23. The van der Waals surface area contributed by atoms with E-state index in [0.717, 1.165) is 31.6 Å². The number of aliphatic hydroxyl groups is 1. The molecule has 0 aromatic heterocycles. The molecule has 1 aromatic carbocycles. The van der Waals surface area contributed by atoms with Gasteiger partial charge in [-0.2, -0.15) is 0 Å². The number of ether oxygens (including phenoxy) is 2. The summed E-state index contributed by atoms with van der Waals surface area (Å²) in [7, 11) is 0. The lowest BCUT2D eigenvalue weighted by molar-refractivity contribution is -0.183. The van der Waals surface area contributed by atoms with Crippen molar-refractivity contribution in [2.75, 3.05) is 13.2 Å². The van der Waals surface area contributed by atoms with E-state index in [1.807, 2.05) is 6.07 Å². The smallest absolute Gasteiger partial charge is 0.157 e. The molecule has 1 saturated heterocycles. The van der Waals surface area contributed by atoms with Gasteiger partial charge in [-0.3, -0.25) is 0 Å². The third-order valence-electron chi connectivity index (χ3n) is 3.49. The zero-order valence-corrected chi connectivity index (χ0v) is 11.2. The number of hydrogen-bond acceptors (Lipinski definition) is 3. The molecule has 0 radical (unpaired) electrons. The maximum atomic E-state index is 10.2. The van der Waals surface area contributed by atoms with Crippen LogP contribution in [0.2, 0.25) is 0 Å². The van der Waals surface area contributed by atoms with E-state index >= 15 is 0 Å². The highest BCUT2D eigenvalue weighted by atomic mass is 16.7. The summed E-state index contributed by atoms with van der Waals surface area (Å²) in [4.78, 5) is 0. The van der Waals surface area contributed by atoms with E-state index in [1.165, 1.54) is 11.1 Å². The van der Waals surface area contributed by atoms with Gasteiger partial charge in [0.1, 0.15) is 0 Å². The maximum absolute atomic E-state index is 10.2. The Morgan fingerprint density at radius 2 is 1.94 bits per heavy atom. The lowest BCUT2D eigenvalue weighted by Crippen LogP contribution is -2.25. The van der Waals surface area contributed by atoms with E-state index in [0.29, 0.717) is 6.42 Å². The third-order valence-corrected chi connectivity index (χ3v) is 3.49. The van der Waals surface area contributed by atoms with Crippen molar-refractivity contribution < 1.29 is 14.6 Å². The Morgan fingerprint density at radius 1 is 1.22 bits per heavy atom. The predicted octanol–water partition coefficient (Wildman–Crippen LogP) is 2.88. The van der Waals surface area contributed by atoms with Gasteiger partial charge in [0.2, 0.25) is 0 Å². The molecular formula is C15H22O3. The summed E-state index contributed by atoms with van der Waals surface area (Å²) in [5.74, 6) is 0. The molecule has 1 aliphatic heterocycles. The monoisotopic (exact) mass is 250 g/mol. The molecule has 3 nitrogen and oxygen atoms in total. The van der Waals surface area contributed by atoms with Crippen molar-refractivity contribution in [2.24, 2.45) is 0 Å². The second kappa shape index (κ2) is 6.32. The summed E-state index contributed by atoms with van der Waals surface area (Å²) in [5.41, 5.74) is 3.45. The van der Waals surface area contributed by atoms with Crippen LogP contribution in [0.3, 0.4) is 0 Å². The van der Waals surface area contributed by atoms with Crippen molar-refractivity contribution in [2.45, 2.75) is 45.5 Å². The highest BCUT2D eigenvalue weighted by Gasteiger charge is 2.17. The molecule has 1 aliphatic rings. The topological polar surface area (TPSA) is 38.7 Å². The number of hydrogen-bond donors (Lipinski definition) is 1. The molecule has 0 spiro atoms. The van der Waals surface area contributed by atoms with Gasteiger partial charge in [0.25, 0.3) is 0 Å². The third kappa shape index (κ3) is 3.55. The van der Waals surface area contributed by atoms with Gasteiger partial charge in [-0.25, -0.2) is 0 Å². The first-order valence-electron chi connectivity index (χ1n) is 6.65. The van der Waals surface area contributed by atoms with Crippen LogP contribution < -0.4 is 0 Å². The Balaban J connectivity index is 1.86. The van der Waals surface area contributed by atoms with Gasteiger partial charge in [0.15, 0.2) is 6.29 Å². The van der Waals surface area contributed by atoms with Crippen LogP contribution in [0.15, 0.2) is 18.2 Å². The van der Waals surface area contributed by atoms with E-state index in [4.69, 9.17) is 9.47 Å². The number of aryl methyl sites for hydroxylation is 2. The van der Waals surface area contributed by atoms with E-state index in [-0.39, 0.29) is 6.29 Å². The fourth-order valence-electron chi connectivity index (χ4n) is 2.14. The van der Waals surface area contributed by atoms with Crippen LogP contribution in [0.4, 0.5) is 0 Å². The fraction of sp³-hybridized carbons (Fsp3) is 0.600. The van der Waals surface area contributed by atoms with Gasteiger partial charge in [0, 0.05) is 6.42 Å². The summed E-state index contributed by atoms with van der Waals surface area (Å²) in [5, 5.41) is 10.2. The van der Waals surface area contributed by atoms with Crippen molar-refractivity contribution in [3.63, 3.8) is 0 Å². The summed E-state index contributed by atoms with van der Waals surface area (Å²) < 4.78 is 10.9. The van der Waals surface area contributed by atoms with Gasteiger partial charge in [-0.05, 0) is 43.4 Å². The Hall–Kier alpha value is -0.900. The van der Waals surface area contributed by atoms with Gasteiger partial charge < -0.3 is 14.6 Å². The molecule has 2 rings (SSSR count). The lowest BCUT2D eigenvalue weighted by atomic mass is 10.00. The first-order valence-corrected chi connectivity index (χ1v) is 6.65. The molecule has 0 amide bonds. The summed E-state index contributed by atoms with van der Waals surface area (Å²) >= 11 is 0. The zero-order valence-electron chi connectivity index (χ0n) is 11.2. The minimum absolute atomic E-state index is 0.139. The Labute approximate surface area is 109 Å². The quantitative estimate of drug-likeness (QED) is 0.893. The predicted molar refractivity (Wildman–Crippen MR) is 70.4 cm³/mol. The molecular weight excluding hydrogens is 228 g/mol. The Morgan fingerprint density at radius 3 is 2.61 bits per heavy atom. The summed E-state index contributed by atoms with van der Waals surface area (Å²) in [6, 6.07) is 6.11. The SMILES string of the molecule is Cc1ccc([C@@H](O)CCC2OCCCO2)cc1C. The molecule has 1 heterocycles. The number of benzene rings is 1. The second-order valence-electron chi connectivity index (χ2n) is 4.96. The first kappa shape index (κ1) is 13.5. The van der Waals surface area contributed by atoms with Gasteiger partial charge in [-0.15, -0.1) is 0 Å². The number of aliphatic hydroxyl groups excluding tert-OH is 1. The van der Waals surface area contributed by atoms with E-state index in [9.17, 15) is 5.11 Å². The molecule has 1 atom stereocenters.